The molecular weight excluding hydrogens is 291 g/mol. The molecule has 3 nitrogen and oxygen atoms in total. The monoisotopic (exact) mass is 308 g/mol. The van der Waals surface area contributed by atoms with Crippen LogP contribution in [0.4, 0.5) is 0 Å². The molecule has 1 saturated carbocycles. The van der Waals surface area contributed by atoms with Crippen molar-refractivity contribution in [2.75, 3.05) is 6.54 Å². The minimum absolute atomic E-state index is 0. The van der Waals surface area contributed by atoms with Crippen LogP contribution in [0.2, 0.25) is 5.02 Å². The molecule has 1 amide bonds. The summed E-state index contributed by atoms with van der Waals surface area (Å²) in [7, 11) is 0. The Bertz CT molecular complexity index is 393. The van der Waals surface area contributed by atoms with Gasteiger partial charge in [0.2, 0.25) is 5.91 Å². The highest BCUT2D eigenvalue weighted by Crippen LogP contribution is 2.32. The second kappa shape index (κ2) is 7.34. The van der Waals surface area contributed by atoms with Crippen molar-refractivity contribution in [2.45, 2.75) is 31.7 Å². The highest BCUT2D eigenvalue weighted by Gasteiger charge is 2.30. The quantitative estimate of drug-likeness (QED) is 0.848. The SMILES string of the molecule is Cl.NCC(NC(=O)CCc1cc(Cl)cs1)C1CC1. The molecule has 1 aliphatic rings. The molecule has 6 heteroatoms. The Hall–Kier alpha value is -0.290. The number of carbonyl (C=O) groups excluding carboxylic acids is 1. The normalized spacial score (nSPS) is 15.9. The van der Waals surface area contributed by atoms with Gasteiger partial charge in [0.05, 0.1) is 5.02 Å². The number of carbonyl (C=O) groups is 1. The third kappa shape index (κ3) is 4.76. The number of amides is 1. The van der Waals surface area contributed by atoms with Crippen LogP contribution in [0.5, 0.6) is 0 Å². The Morgan fingerprint density at radius 2 is 2.33 bits per heavy atom. The van der Waals surface area contributed by atoms with E-state index in [1.165, 1.54) is 12.8 Å². The summed E-state index contributed by atoms with van der Waals surface area (Å²) in [6.45, 7) is 0.543. The van der Waals surface area contributed by atoms with Crippen LogP contribution in [0.15, 0.2) is 11.4 Å². The van der Waals surface area contributed by atoms with Gasteiger partial charge in [0, 0.05) is 29.3 Å². The zero-order valence-corrected chi connectivity index (χ0v) is 12.4. The van der Waals surface area contributed by atoms with E-state index in [4.69, 9.17) is 17.3 Å². The van der Waals surface area contributed by atoms with E-state index in [-0.39, 0.29) is 24.4 Å². The van der Waals surface area contributed by atoms with Crippen LogP contribution in [0.25, 0.3) is 0 Å². The molecule has 1 unspecified atom stereocenters. The van der Waals surface area contributed by atoms with E-state index in [2.05, 4.69) is 5.32 Å². The van der Waals surface area contributed by atoms with Gasteiger partial charge in [0.15, 0.2) is 0 Å². The maximum Gasteiger partial charge on any atom is 0.220 e. The lowest BCUT2D eigenvalue weighted by atomic mass is 10.1. The minimum atomic E-state index is 0. The number of nitrogens with one attached hydrogen (secondary N) is 1. The fourth-order valence-corrected chi connectivity index (χ4v) is 2.95. The van der Waals surface area contributed by atoms with Crippen LogP contribution in [0, 0.1) is 5.92 Å². The average Bonchev–Trinajstić information content (AvgIpc) is 3.07. The van der Waals surface area contributed by atoms with Gasteiger partial charge in [-0.2, -0.15) is 0 Å². The van der Waals surface area contributed by atoms with Crippen LogP contribution in [0.3, 0.4) is 0 Å². The van der Waals surface area contributed by atoms with Gasteiger partial charge in [-0.15, -0.1) is 23.7 Å². The Kier molecular flexibility index (Phi) is 6.43. The Labute approximate surface area is 122 Å². The molecule has 0 spiro atoms. The van der Waals surface area contributed by atoms with Crippen molar-refractivity contribution >= 4 is 41.3 Å². The van der Waals surface area contributed by atoms with Crippen molar-refractivity contribution in [1.82, 2.24) is 5.32 Å². The summed E-state index contributed by atoms with van der Waals surface area (Å²) in [6, 6.07) is 2.09. The van der Waals surface area contributed by atoms with Crippen molar-refractivity contribution in [3.8, 4) is 0 Å². The summed E-state index contributed by atoms with van der Waals surface area (Å²) in [4.78, 5) is 12.9. The van der Waals surface area contributed by atoms with E-state index in [9.17, 15) is 4.79 Å². The number of nitrogens with two attached hydrogens (primary N) is 1. The van der Waals surface area contributed by atoms with Gasteiger partial charge in [-0.1, -0.05) is 11.6 Å². The van der Waals surface area contributed by atoms with Crippen LogP contribution < -0.4 is 11.1 Å². The maximum atomic E-state index is 11.7. The fourth-order valence-electron chi connectivity index (χ4n) is 1.87. The molecule has 102 valence electrons. The first-order valence-electron chi connectivity index (χ1n) is 5.91. The Balaban J connectivity index is 0.00000162. The number of hydrogen-bond donors (Lipinski definition) is 2. The first-order chi connectivity index (χ1) is 8.19. The molecule has 1 aromatic rings. The molecular formula is C12H18Cl2N2OS. The van der Waals surface area contributed by atoms with E-state index in [0.717, 1.165) is 16.3 Å². The van der Waals surface area contributed by atoms with E-state index in [1.54, 1.807) is 11.3 Å². The molecule has 0 bridgehead atoms. The lowest BCUT2D eigenvalue weighted by molar-refractivity contribution is -0.121. The summed E-state index contributed by atoms with van der Waals surface area (Å²) < 4.78 is 0. The van der Waals surface area contributed by atoms with Gasteiger partial charge in [-0.25, -0.2) is 0 Å². The third-order valence-electron chi connectivity index (χ3n) is 3.01. The van der Waals surface area contributed by atoms with Crippen LogP contribution >= 0.6 is 35.3 Å². The largest absolute Gasteiger partial charge is 0.352 e. The zero-order valence-electron chi connectivity index (χ0n) is 10.0. The summed E-state index contributed by atoms with van der Waals surface area (Å²) >= 11 is 7.42. The highest BCUT2D eigenvalue weighted by atomic mass is 35.5. The van der Waals surface area contributed by atoms with Crippen molar-refractivity contribution in [1.29, 1.82) is 0 Å². The van der Waals surface area contributed by atoms with Crippen LogP contribution in [0.1, 0.15) is 24.1 Å². The number of thiophene rings is 1. The van der Waals surface area contributed by atoms with Gasteiger partial charge in [0.1, 0.15) is 0 Å². The standard InChI is InChI=1S/C12H17ClN2OS.ClH/c13-9-5-10(17-7-9)3-4-12(16)15-11(6-14)8-1-2-8;/h5,7-8,11H,1-4,6,14H2,(H,15,16);1H. The topological polar surface area (TPSA) is 55.1 Å². The fraction of sp³-hybridized carbons (Fsp3) is 0.583. The van der Waals surface area contributed by atoms with E-state index in [0.29, 0.717) is 18.9 Å². The van der Waals surface area contributed by atoms with Gasteiger partial charge in [-0.05, 0) is 31.2 Å². The molecule has 0 saturated heterocycles. The average molecular weight is 309 g/mol. The maximum absolute atomic E-state index is 11.7. The van der Waals surface area contributed by atoms with Crippen molar-refractivity contribution in [2.24, 2.45) is 11.7 Å². The van der Waals surface area contributed by atoms with Crippen LogP contribution in [-0.2, 0) is 11.2 Å². The molecule has 3 N–H and O–H groups in total. The van der Waals surface area contributed by atoms with Gasteiger partial charge >= 0.3 is 0 Å². The summed E-state index contributed by atoms with van der Waals surface area (Å²) in [5.74, 6) is 0.706. The van der Waals surface area contributed by atoms with Crippen LogP contribution in [-0.4, -0.2) is 18.5 Å². The van der Waals surface area contributed by atoms with Gasteiger partial charge in [0.25, 0.3) is 0 Å². The lowest BCUT2D eigenvalue weighted by Crippen LogP contribution is -2.41. The number of rotatable bonds is 6. The second-order valence-corrected chi connectivity index (χ2v) is 5.91. The molecule has 18 heavy (non-hydrogen) atoms. The third-order valence-corrected chi connectivity index (χ3v) is 4.36. The lowest BCUT2D eigenvalue weighted by Gasteiger charge is -2.15. The molecule has 1 aliphatic carbocycles. The number of halogens is 2. The molecule has 1 fully saturated rings. The molecule has 1 heterocycles. The summed E-state index contributed by atoms with van der Waals surface area (Å²) in [5, 5.41) is 5.66. The molecule has 0 aromatic carbocycles. The Morgan fingerprint density at radius 1 is 1.61 bits per heavy atom. The predicted octanol–water partition coefficient (Wildman–Crippen LogP) is 2.61. The van der Waals surface area contributed by atoms with Crippen molar-refractivity contribution in [3.05, 3.63) is 21.3 Å². The first-order valence-corrected chi connectivity index (χ1v) is 7.17. The molecule has 2 rings (SSSR count). The van der Waals surface area contributed by atoms with Gasteiger partial charge < -0.3 is 11.1 Å². The van der Waals surface area contributed by atoms with E-state index < -0.39 is 0 Å². The van der Waals surface area contributed by atoms with E-state index >= 15 is 0 Å². The zero-order chi connectivity index (χ0) is 12.3. The summed E-state index contributed by atoms with van der Waals surface area (Å²) in [5.41, 5.74) is 5.64. The molecule has 0 radical (unpaired) electrons. The molecule has 1 aromatic heterocycles. The van der Waals surface area contributed by atoms with E-state index in [1.807, 2.05) is 11.4 Å². The minimum Gasteiger partial charge on any atom is -0.352 e. The Morgan fingerprint density at radius 3 is 2.83 bits per heavy atom. The number of hydrogen-bond acceptors (Lipinski definition) is 3. The predicted molar refractivity (Wildman–Crippen MR) is 78.6 cm³/mol. The molecule has 1 atom stereocenters. The van der Waals surface area contributed by atoms with Gasteiger partial charge in [-0.3, -0.25) is 4.79 Å². The smallest absolute Gasteiger partial charge is 0.220 e. The molecule has 0 aliphatic heterocycles. The summed E-state index contributed by atoms with van der Waals surface area (Å²) in [6.07, 6.45) is 3.66. The number of aryl methyl sites for hydroxylation is 1. The van der Waals surface area contributed by atoms with Crippen molar-refractivity contribution in [3.63, 3.8) is 0 Å². The first kappa shape index (κ1) is 15.8. The second-order valence-electron chi connectivity index (χ2n) is 4.48. The highest BCUT2D eigenvalue weighted by molar-refractivity contribution is 7.10. The van der Waals surface area contributed by atoms with Crippen molar-refractivity contribution < 1.29 is 4.79 Å².